The van der Waals surface area contributed by atoms with Gasteiger partial charge in [-0.1, -0.05) is 23.7 Å². The molecule has 0 unspecified atom stereocenters. The van der Waals surface area contributed by atoms with E-state index in [-0.39, 0.29) is 5.91 Å². The van der Waals surface area contributed by atoms with Crippen molar-refractivity contribution in [2.24, 2.45) is 0 Å². The highest BCUT2D eigenvalue weighted by atomic mass is 35.5. The van der Waals surface area contributed by atoms with Crippen molar-refractivity contribution in [3.8, 4) is 0 Å². The van der Waals surface area contributed by atoms with Gasteiger partial charge in [-0.25, -0.2) is 4.98 Å². The Bertz CT molecular complexity index is 988. The van der Waals surface area contributed by atoms with E-state index < -0.39 is 0 Å². The first-order valence-corrected chi connectivity index (χ1v) is 11.7. The van der Waals surface area contributed by atoms with E-state index in [9.17, 15) is 4.79 Å². The Morgan fingerprint density at radius 3 is 2.47 bits per heavy atom. The molecule has 2 aromatic rings. The van der Waals surface area contributed by atoms with E-state index in [2.05, 4.69) is 21.7 Å². The van der Waals surface area contributed by atoms with Crippen LogP contribution in [0.3, 0.4) is 0 Å². The molecular weight excluding hydrogens is 428 g/mol. The molecule has 32 heavy (non-hydrogen) atoms. The quantitative estimate of drug-likeness (QED) is 0.699. The standard InChI is InChI=1S/C23H29ClN6O2/c1-27-8-10-29(11-9-27)23-25-20-6-7-30(22(31)17-4-2-3-5-19(17)24)16-18(20)21(26-23)28-12-14-32-15-13-28/h2-5H,6-16H2,1H3. The molecule has 170 valence electrons. The van der Waals surface area contributed by atoms with Gasteiger partial charge >= 0.3 is 0 Å². The molecule has 1 amide bonds. The van der Waals surface area contributed by atoms with Crippen LogP contribution in [0, 0.1) is 0 Å². The molecule has 1 aromatic heterocycles. The van der Waals surface area contributed by atoms with Crippen LogP contribution < -0.4 is 9.80 Å². The number of carbonyl (C=O) groups excluding carboxylic acids is 1. The number of likely N-dealkylation sites (N-methyl/N-ethyl adjacent to an activating group) is 1. The molecule has 0 N–H and O–H groups in total. The topological polar surface area (TPSA) is 65.0 Å². The van der Waals surface area contributed by atoms with Gasteiger partial charge in [-0.15, -0.1) is 0 Å². The number of fused-ring (bicyclic) bond motifs is 1. The molecule has 3 aliphatic rings. The lowest BCUT2D eigenvalue weighted by atomic mass is 10.0. The highest BCUT2D eigenvalue weighted by Crippen LogP contribution is 2.31. The van der Waals surface area contributed by atoms with Gasteiger partial charge in [-0.2, -0.15) is 4.98 Å². The van der Waals surface area contributed by atoms with Crippen LogP contribution in [-0.4, -0.2) is 91.7 Å². The summed E-state index contributed by atoms with van der Waals surface area (Å²) in [6.45, 7) is 7.95. The monoisotopic (exact) mass is 456 g/mol. The number of nitrogens with zero attached hydrogens (tertiary/aromatic N) is 6. The molecule has 2 saturated heterocycles. The van der Waals surface area contributed by atoms with E-state index in [1.165, 1.54) is 0 Å². The number of piperazine rings is 1. The molecule has 3 aliphatic heterocycles. The smallest absolute Gasteiger partial charge is 0.255 e. The van der Waals surface area contributed by atoms with E-state index in [0.717, 1.165) is 62.3 Å². The third-order valence-electron chi connectivity index (χ3n) is 6.51. The maximum Gasteiger partial charge on any atom is 0.255 e. The van der Waals surface area contributed by atoms with Gasteiger partial charge < -0.3 is 24.3 Å². The Morgan fingerprint density at radius 2 is 1.72 bits per heavy atom. The van der Waals surface area contributed by atoms with Crippen LogP contribution in [0.1, 0.15) is 21.6 Å². The van der Waals surface area contributed by atoms with Crippen LogP contribution in [0.2, 0.25) is 5.02 Å². The molecule has 8 nitrogen and oxygen atoms in total. The number of ether oxygens (including phenoxy) is 1. The van der Waals surface area contributed by atoms with Crippen molar-refractivity contribution in [2.75, 3.05) is 75.9 Å². The summed E-state index contributed by atoms with van der Waals surface area (Å²) in [4.78, 5) is 32.0. The maximum absolute atomic E-state index is 13.2. The molecular formula is C23H29ClN6O2. The summed E-state index contributed by atoms with van der Waals surface area (Å²) < 4.78 is 5.57. The number of morpholine rings is 1. The normalized spacial score (nSPS) is 19.8. The van der Waals surface area contributed by atoms with E-state index in [1.54, 1.807) is 12.1 Å². The van der Waals surface area contributed by atoms with Crippen LogP contribution in [-0.2, 0) is 17.7 Å². The predicted octanol–water partition coefficient (Wildman–Crippen LogP) is 1.92. The fourth-order valence-electron chi connectivity index (χ4n) is 4.55. The van der Waals surface area contributed by atoms with Gasteiger partial charge in [0, 0.05) is 57.8 Å². The Morgan fingerprint density at radius 1 is 0.969 bits per heavy atom. The second kappa shape index (κ2) is 9.21. The molecule has 0 aliphatic carbocycles. The molecule has 0 spiro atoms. The minimum Gasteiger partial charge on any atom is -0.378 e. The van der Waals surface area contributed by atoms with Crippen molar-refractivity contribution >= 4 is 29.3 Å². The fourth-order valence-corrected chi connectivity index (χ4v) is 4.76. The first-order chi connectivity index (χ1) is 15.6. The number of carbonyl (C=O) groups is 1. The number of amides is 1. The average molecular weight is 457 g/mol. The summed E-state index contributed by atoms with van der Waals surface area (Å²) in [6.07, 6.45) is 0.714. The van der Waals surface area contributed by atoms with Gasteiger partial charge in [0.2, 0.25) is 5.95 Å². The first-order valence-electron chi connectivity index (χ1n) is 11.3. The summed E-state index contributed by atoms with van der Waals surface area (Å²) >= 11 is 6.31. The number of anilines is 2. The van der Waals surface area contributed by atoms with Crippen LogP contribution >= 0.6 is 11.6 Å². The lowest BCUT2D eigenvalue weighted by Crippen LogP contribution is -2.46. The number of rotatable bonds is 3. The van der Waals surface area contributed by atoms with Gasteiger partial charge in [0.15, 0.2) is 0 Å². The van der Waals surface area contributed by atoms with Crippen molar-refractivity contribution < 1.29 is 9.53 Å². The van der Waals surface area contributed by atoms with Gasteiger partial charge in [0.05, 0.1) is 36.0 Å². The van der Waals surface area contributed by atoms with E-state index in [4.69, 9.17) is 26.3 Å². The maximum atomic E-state index is 13.2. The summed E-state index contributed by atoms with van der Waals surface area (Å²) in [5, 5.41) is 0.485. The highest BCUT2D eigenvalue weighted by Gasteiger charge is 2.30. The minimum absolute atomic E-state index is 0.0441. The van der Waals surface area contributed by atoms with Gasteiger partial charge in [0.25, 0.3) is 5.91 Å². The molecule has 9 heteroatoms. The van der Waals surface area contributed by atoms with Gasteiger partial charge in [-0.05, 0) is 19.2 Å². The van der Waals surface area contributed by atoms with Crippen molar-refractivity contribution in [1.82, 2.24) is 19.8 Å². The number of benzene rings is 1. The van der Waals surface area contributed by atoms with Gasteiger partial charge in [-0.3, -0.25) is 4.79 Å². The Kier molecular flexibility index (Phi) is 6.17. The van der Waals surface area contributed by atoms with Crippen LogP contribution in [0.15, 0.2) is 24.3 Å². The SMILES string of the molecule is CN1CCN(c2nc3c(c(N4CCOCC4)n2)CN(C(=O)c2ccccc2Cl)CC3)CC1. The summed E-state index contributed by atoms with van der Waals surface area (Å²) in [5.41, 5.74) is 2.65. The Balaban J connectivity index is 1.47. The molecule has 0 saturated carbocycles. The highest BCUT2D eigenvalue weighted by molar-refractivity contribution is 6.33. The van der Waals surface area contributed by atoms with Crippen LogP contribution in [0.4, 0.5) is 11.8 Å². The van der Waals surface area contributed by atoms with E-state index >= 15 is 0 Å². The molecule has 0 bridgehead atoms. The number of hydrogen-bond acceptors (Lipinski definition) is 7. The third kappa shape index (κ3) is 4.27. The number of halogens is 1. The minimum atomic E-state index is -0.0441. The molecule has 1 aromatic carbocycles. The van der Waals surface area contributed by atoms with Crippen molar-refractivity contribution in [3.05, 3.63) is 46.1 Å². The molecule has 5 rings (SSSR count). The molecule has 2 fully saturated rings. The second-order valence-electron chi connectivity index (χ2n) is 8.62. The van der Waals surface area contributed by atoms with Crippen LogP contribution in [0.5, 0.6) is 0 Å². The largest absolute Gasteiger partial charge is 0.378 e. The fraction of sp³-hybridized carbons (Fsp3) is 0.522. The second-order valence-corrected chi connectivity index (χ2v) is 9.03. The van der Waals surface area contributed by atoms with Crippen molar-refractivity contribution in [3.63, 3.8) is 0 Å². The summed E-state index contributed by atoms with van der Waals surface area (Å²) in [5.74, 6) is 1.71. The van der Waals surface area contributed by atoms with E-state index in [0.29, 0.717) is 43.3 Å². The zero-order valence-electron chi connectivity index (χ0n) is 18.5. The predicted molar refractivity (Wildman–Crippen MR) is 125 cm³/mol. The average Bonchev–Trinajstić information content (AvgIpc) is 2.84. The third-order valence-corrected chi connectivity index (χ3v) is 6.84. The zero-order chi connectivity index (χ0) is 22.1. The molecule has 0 atom stereocenters. The summed E-state index contributed by atoms with van der Waals surface area (Å²) in [7, 11) is 2.15. The molecule has 0 radical (unpaired) electrons. The van der Waals surface area contributed by atoms with E-state index in [1.807, 2.05) is 17.0 Å². The first kappa shape index (κ1) is 21.4. The molecule has 4 heterocycles. The lowest BCUT2D eigenvalue weighted by molar-refractivity contribution is 0.0733. The Hall–Kier alpha value is -2.42. The van der Waals surface area contributed by atoms with Gasteiger partial charge in [0.1, 0.15) is 5.82 Å². The Labute approximate surface area is 193 Å². The lowest BCUT2D eigenvalue weighted by Gasteiger charge is -2.37. The zero-order valence-corrected chi connectivity index (χ0v) is 19.2. The summed E-state index contributed by atoms with van der Waals surface area (Å²) in [6, 6.07) is 7.24. The number of hydrogen-bond donors (Lipinski definition) is 0. The van der Waals surface area contributed by atoms with Crippen LogP contribution in [0.25, 0.3) is 0 Å². The van der Waals surface area contributed by atoms with Crippen molar-refractivity contribution in [2.45, 2.75) is 13.0 Å². The van der Waals surface area contributed by atoms with Crippen molar-refractivity contribution in [1.29, 1.82) is 0 Å². The number of aromatic nitrogens is 2.